The number of likely N-dealkylation sites (tertiary alicyclic amines) is 2. The molecule has 1 aromatic heterocycles. The summed E-state index contributed by atoms with van der Waals surface area (Å²) in [6.07, 6.45) is 6.48. The van der Waals surface area contributed by atoms with Crippen molar-refractivity contribution in [3.8, 4) is 16.9 Å². The summed E-state index contributed by atoms with van der Waals surface area (Å²) in [5.41, 5.74) is 3.78. The highest BCUT2D eigenvalue weighted by atomic mass is 19.1. The number of hydrogen-bond acceptors (Lipinski definition) is 3. The van der Waals surface area contributed by atoms with Gasteiger partial charge >= 0.3 is 0 Å². The number of carbonyl (C=O) groups excluding carboxylic acids is 2. The fourth-order valence-corrected chi connectivity index (χ4v) is 5.05. The Kier molecular flexibility index (Phi) is 6.66. The predicted molar refractivity (Wildman–Crippen MR) is 133 cm³/mol. The van der Waals surface area contributed by atoms with Crippen molar-refractivity contribution in [2.24, 2.45) is 5.92 Å². The molecule has 0 N–H and O–H groups in total. The number of benzene rings is 2. The van der Waals surface area contributed by atoms with E-state index in [1.807, 2.05) is 41.0 Å². The minimum atomic E-state index is -0.321. The number of halogens is 1. The molecule has 0 bridgehead atoms. The first kappa shape index (κ1) is 23.3. The molecule has 2 aliphatic rings. The number of hydrogen-bond donors (Lipinski definition) is 0. The summed E-state index contributed by atoms with van der Waals surface area (Å²) in [7, 11) is 0. The third-order valence-corrected chi connectivity index (χ3v) is 7.16. The molecule has 3 heterocycles. The third kappa shape index (κ3) is 4.99. The van der Waals surface area contributed by atoms with E-state index in [2.05, 4.69) is 0 Å². The van der Waals surface area contributed by atoms with Crippen molar-refractivity contribution in [1.82, 2.24) is 19.6 Å². The van der Waals surface area contributed by atoms with Crippen LogP contribution in [0.5, 0.6) is 0 Å². The Morgan fingerprint density at radius 3 is 2.17 bits per heavy atom. The SMILES string of the molecule is Cc1ccc(-c2nn(-c3ccc(F)cc3)cc2C(=O)N2CCC(C(=O)N3CCCCC3)CC2)cc1. The molecule has 2 saturated heterocycles. The standard InChI is InChI=1S/C28H31FN4O2/c1-20-5-7-21(8-6-20)26-25(19-33(30-26)24-11-9-23(29)10-12-24)28(35)32-17-13-22(14-18-32)27(34)31-15-3-2-4-16-31/h5-12,19,22H,2-4,13-18H2,1H3. The van der Waals surface area contributed by atoms with Crippen molar-refractivity contribution in [2.75, 3.05) is 26.2 Å². The molecule has 0 radical (unpaired) electrons. The second kappa shape index (κ2) is 10.0. The largest absolute Gasteiger partial charge is 0.342 e. The molecule has 7 heteroatoms. The lowest BCUT2D eigenvalue weighted by molar-refractivity contribution is -0.137. The van der Waals surface area contributed by atoms with Crippen LogP contribution in [0.4, 0.5) is 4.39 Å². The molecule has 35 heavy (non-hydrogen) atoms. The van der Waals surface area contributed by atoms with E-state index in [4.69, 9.17) is 5.10 Å². The summed E-state index contributed by atoms with van der Waals surface area (Å²) in [6.45, 7) is 4.85. The zero-order chi connectivity index (χ0) is 24.4. The van der Waals surface area contributed by atoms with Crippen molar-refractivity contribution in [3.63, 3.8) is 0 Å². The van der Waals surface area contributed by atoms with Crippen LogP contribution in [0.3, 0.4) is 0 Å². The quantitative estimate of drug-likeness (QED) is 0.543. The van der Waals surface area contributed by atoms with Gasteiger partial charge < -0.3 is 9.80 Å². The van der Waals surface area contributed by atoms with Crippen LogP contribution in [0.1, 0.15) is 48.0 Å². The second-order valence-corrected chi connectivity index (χ2v) is 9.63. The minimum Gasteiger partial charge on any atom is -0.342 e. The Morgan fingerprint density at radius 2 is 1.51 bits per heavy atom. The first-order valence-corrected chi connectivity index (χ1v) is 12.5. The third-order valence-electron chi connectivity index (χ3n) is 7.16. The topological polar surface area (TPSA) is 58.4 Å². The van der Waals surface area contributed by atoms with Gasteiger partial charge in [0.2, 0.25) is 5.91 Å². The molecular weight excluding hydrogens is 443 g/mol. The molecule has 0 aliphatic carbocycles. The van der Waals surface area contributed by atoms with Crippen molar-refractivity contribution >= 4 is 11.8 Å². The lowest BCUT2D eigenvalue weighted by Crippen LogP contribution is -2.45. The van der Waals surface area contributed by atoms with Gasteiger partial charge in [-0.15, -0.1) is 0 Å². The van der Waals surface area contributed by atoms with Crippen LogP contribution < -0.4 is 0 Å². The van der Waals surface area contributed by atoms with Gasteiger partial charge in [0.05, 0.1) is 11.3 Å². The summed E-state index contributed by atoms with van der Waals surface area (Å²) in [5, 5.41) is 4.72. The van der Waals surface area contributed by atoms with Crippen LogP contribution in [0.2, 0.25) is 0 Å². The van der Waals surface area contributed by atoms with Crippen molar-refractivity contribution in [2.45, 2.75) is 39.0 Å². The number of rotatable bonds is 4. The molecule has 2 aromatic carbocycles. The second-order valence-electron chi connectivity index (χ2n) is 9.63. The van der Waals surface area contributed by atoms with Gasteiger partial charge in [-0.05, 0) is 63.3 Å². The fourth-order valence-electron chi connectivity index (χ4n) is 5.05. The molecule has 3 aromatic rings. The lowest BCUT2D eigenvalue weighted by Gasteiger charge is -2.35. The van der Waals surface area contributed by atoms with E-state index in [-0.39, 0.29) is 23.5 Å². The van der Waals surface area contributed by atoms with Gasteiger partial charge in [0.15, 0.2) is 0 Å². The van der Waals surface area contributed by atoms with Gasteiger partial charge in [0.25, 0.3) is 5.91 Å². The average molecular weight is 475 g/mol. The van der Waals surface area contributed by atoms with Gasteiger partial charge in [-0.1, -0.05) is 29.8 Å². The Hall–Kier alpha value is -3.48. The lowest BCUT2D eigenvalue weighted by atomic mass is 9.93. The monoisotopic (exact) mass is 474 g/mol. The van der Waals surface area contributed by atoms with E-state index >= 15 is 0 Å². The number of amides is 2. The maximum Gasteiger partial charge on any atom is 0.257 e. The van der Waals surface area contributed by atoms with Crippen LogP contribution in [0.15, 0.2) is 54.7 Å². The van der Waals surface area contributed by atoms with E-state index in [1.165, 1.54) is 18.6 Å². The highest BCUT2D eigenvalue weighted by Crippen LogP contribution is 2.28. The summed E-state index contributed by atoms with van der Waals surface area (Å²) in [6, 6.07) is 14.0. The molecule has 0 spiro atoms. The van der Waals surface area contributed by atoms with Crippen LogP contribution >= 0.6 is 0 Å². The molecule has 2 aliphatic heterocycles. The zero-order valence-corrected chi connectivity index (χ0v) is 20.1. The molecule has 2 fully saturated rings. The van der Waals surface area contributed by atoms with E-state index in [9.17, 15) is 14.0 Å². The maximum atomic E-state index is 13.7. The fraction of sp³-hybridized carbons (Fsp3) is 0.393. The molecule has 5 rings (SSSR count). The molecule has 182 valence electrons. The van der Waals surface area contributed by atoms with Crippen molar-refractivity contribution in [3.05, 3.63) is 71.7 Å². The number of aryl methyl sites for hydroxylation is 1. The zero-order valence-electron chi connectivity index (χ0n) is 20.1. The highest BCUT2D eigenvalue weighted by Gasteiger charge is 2.32. The molecule has 0 saturated carbocycles. The Bertz CT molecular complexity index is 1190. The summed E-state index contributed by atoms with van der Waals surface area (Å²) >= 11 is 0. The van der Waals surface area contributed by atoms with E-state index in [0.717, 1.165) is 37.1 Å². The number of carbonyl (C=O) groups is 2. The van der Waals surface area contributed by atoms with Crippen LogP contribution in [-0.4, -0.2) is 57.6 Å². The summed E-state index contributed by atoms with van der Waals surface area (Å²) < 4.78 is 15.1. The van der Waals surface area contributed by atoms with Gasteiger partial charge in [-0.25, -0.2) is 9.07 Å². The van der Waals surface area contributed by atoms with Gasteiger partial charge in [-0.3, -0.25) is 9.59 Å². The smallest absolute Gasteiger partial charge is 0.257 e. The highest BCUT2D eigenvalue weighted by molar-refractivity contribution is 6.00. The number of nitrogens with zero attached hydrogens (tertiary/aromatic N) is 4. The summed E-state index contributed by atoms with van der Waals surface area (Å²) in [4.78, 5) is 30.4. The van der Waals surface area contributed by atoms with E-state index in [1.54, 1.807) is 23.0 Å². The minimum absolute atomic E-state index is 0.00402. The Labute approximate surface area is 205 Å². The summed E-state index contributed by atoms with van der Waals surface area (Å²) in [5.74, 6) is -0.160. The first-order valence-electron chi connectivity index (χ1n) is 12.5. The number of aromatic nitrogens is 2. The van der Waals surface area contributed by atoms with Gasteiger partial charge in [0.1, 0.15) is 11.5 Å². The van der Waals surface area contributed by atoms with Crippen molar-refractivity contribution < 1.29 is 14.0 Å². The predicted octanol–water partition coefficient (Wildman–Crippen LogP) is 4.85. The Morgan fingerprint density at radius 1 is 0.857 bits per heavy atom. The van der Waals surface area contributed by atoms with E-state index in [0.29, 0.717) is 42.9 Å². The van der Waals surface area contributed by atoms with Crippen LogP contribution in [0.25, 0.3) is 16.9 Å². The van der Waals surface area contributed by atoms with Crippen LogP contribution in [0, 0.1) is 18.7 Å². The normalized spacial score (nSPS) is 17.0. The Balaban J connectivity index is 1.37. The maximum absolute atomic E-state index is 13.7. The average Bonchev–Trinajstić information content (AvgIpc) is 3.35. The van der Waals surface area contributed by atoms with Crippen LogP contribution in [-0.2, 0) is 4.79 Å². The molecule has 0 atom stereocenters. The first-order chi connectivity index (χ1) is 17.0. The molecule has 6 nitrogen and oxygen atoms in total. The molecule has 2 amide bonds. The molecule has 0 unspecified atom stereocenters. The van der Waals surface area contributed by atoms with E-state index < -0.39 is 0 Å². The molecular formula is C28H31FN4O2. The van der Waals surface area contributed by atoms with Gasteiger partial charge in [-0.2, -0.15) is 5.10 Å². The number of piperidine rings is 2. The van der Waals surface area contributed by atoms with Crippen molar-refractivity contribution in [1.29, 1.82) is 0 Å². The van der Waals surface area contributed by atoms with Gasteiger partial charge in [0, 0.05) is 43.9 Å².